The second-order valence-corrected chi connectivity index (χ2v) is 17.1. The maximum atomic E-state index is 13.4. The van der Waals surface area contributed by atoms with E-state index in [4.69, 9.17) is 19.2 Å². The van der Waals surface area contributed by atoms with E-state index in [1.165, 1.54) is 64.2 Å². The number of anilines is 1. The van der Waals surface area contributed by atoms with Gasteiger partial charge in [0.15, 0.2) is 0 Å². The Bertz CT molecular complexity index is 2300. The summed E-state index contributed by atoms with van der Waals surface area (Å²) in [6.45, 7) is 12.7. The van der Waals surface area contributed by atoms with Gasteiger partial charge in [0.1, 0.15) is 17.2 Å². The fourth-order valence-corrected chi connectivity index (χ4v) is 7.82. The van der Waals surface area contributed by atoms with E-state index in [9.17, 15) is 9.59 Å². The molecule has 342 valence electrons. The van der Waals surface area contributed by atoms with E-state index in [-0.39, 0.29) is 5.91 Å². The zero-order valence-electron chi connectivity index (χ0n) is 39.1. The average Bonchev–Trinajstić information content (AvgIpc) is 3.33. The first kappa shape index (κ1) is 48.2. The molecule has 0 aliphatic carbocycles. The number of ether oxygens (including phenoxy) is 3. The zero-order valence-corrected chi connectivity index (χ0v) is 39.1. The van der Waals surface area contributed by atoms with Crippen molar-refractivity contribution in [3.8, 4) is 17.2 Å². The van der Waals surface area contributed by atoms with Crippen molar-refractivity contribution in [2.45, 2.75) is 105 Å². The second-order valence-electron chi connectivity index (χ2n) is 17.1. The van der Waals surface area contributed by atoms with E-state index in [1.54, 1.807) is 18.3 Å². The van der Waals surface area contributed by atoms with Crippen molar-refractivity contribution in [1.29, 1.82) is 0 Å². The summed E-state index contributed by atoms with van der Waals surface area (Å²) in [7, 11) is 0. The fraction of sp³-hybridized carbons (Fsp3) is 0.393. The molecule has 1 aliphatic heterocycles. The van der Waals surface area contributed by atoms with E-state index in [0.717, 1.165) is 76.9 Å². The van der Waals surface area contributed by atoms with E-state index in [2.05, 4.69) is 23.7 Å². The molecule has 1 aliphatic rings. The molecule has 1 amide bonds. The number of aliphatic imine (C=N–C) groups is 2. The number of piperazine rings is 1. The molecule has 9 heteroatoms. The van der Waals surface area contributed by atoms with Gasteiger partial charge in [-0.05, 0) is 134 Å². The lowest BCUT2D eigenvalue weighted by molar-refractivity contribution is 0.0731. The Balaban J connectivity index is 0.902. The van der Waals surface area contributed by atoms with Gasteiger partial charge in [0.05, 0.1) is 30.2 Å². The number of hydrogen-bond donors (Lipinski definition) is 0. The number of unbranched alkanes of at least 4 members (excludes halogenated alkanes) is 10. The summed E-state index contributed by atoms with van der Waals surface area (Å²) < 4.78 is 17.6. The monoisotopic (exact) mass is 877 g/mol. The van der Waals surface area contributed by atoms with Gasteiger partial charge in [0.2, 0.25) is 0 Å². The Kier molecular flexibility index (Phi) is 19.2. The van der Waals surface area contributed by atoms with Crippen molar-refractivity contribution < 1.29 is 23.8 Å². The molecule has 0 aromatic heterocycles. The van der Waals surface area contributed by atoms with Crippen LogP contribution >= 0.6 is 0 Å². The normalized spacial score (nSPS) is 12.9. The van der Waals surface area contributed by atoms with Crippen LogP contribution in [0.5, 0.6) is 17.2 Å². The Morgan fingerprint density at radius 2 is 0.969 bits per heavy atom. The summed E-state index contributed by atoms with van der Waals surface area (Å²) in [6, 6.07) is 34.4. The average molecular weight is 877 g/mol. The molecule has 5 aromatic rings. The van der Waals surface area contributed by atoms with Crippen LogP contribution in [-0.4, -0.2) is 68.6 Å². The van der Waals surface area contributed by atoms with Crippen molar-refractivity contribution in [3.63, 3.8) is 0 Å². The van der Waals surface area contributed by atoms with Crippen LogP contribution in [0.4, 0.5) is 17.1 Å². The molecule has 1 saturated heterocycles. The lowest BCUT2D eigenvalue weighted by atomic mass is 10.1. The molecule has 65 heavy (non-hydrogen) atoms. The highest BCUT2D eigenvalue weighted by atomic mass is 16.5. The van der Waals surface area contributed by atoms with Crippen molar-refractivity contribution in [3.05, 3.63) is 143 Å². The van der Waals surface area contributed by atoms with Crippen LogP contribution in [0.1, 0.15) is 134 Å². The van der Waals surface area contributed by atoms with E-state index >= 15 is 0 Å². The Hall–Kier alpha value is -6.22. The first-order valence-corrected chi connectivity index (χ1v) is 23.9. The van der Waals surface area contributed by atoms with Crippen molar-refractivity contribution in [2.24, 2.45) is 9.98 Å². The molecule has 0 radical (unpaired) electrons. The number of aryl methyl sites for hydroxylation is 2. The molecular formula is C56H68N4O5. The number of benzene rings is 5. The van der Waals surface area contributed by atoms with Gasteiger partial charge in [-0.15, -0.1) is 0 Å². The van der Waals surface area contributed by atoms with Gasteiger partial charge in [-0.1, -0.05) is 102 Å². The minimum Gasteiger partial charge on any atom is -0.494 e. The van der Waals surface area contributed by atoms with Crippen molar-refractivity contribution in [1.82, 2.24) is 4.90 Å². The molecule has 1 heterocycles. The predicted octanol–water partition coefficient (Wildman–Crippen LogP) is 13.5. The van der Waals surface area contributed by atoms with Crippen molar-refractivity contribution in [2.75, 3.05) is 44.3 Å². The van der Waals surface area contributed by atoms with Crippen LogP contribution in [-0.2, 0) is 0 Å². The highest BCUT2D eigenvalue weighted by molar-refractivity contribution is 5.95. The number of amides is 1. The number of hydrogen-bond acceptors (Lipinski definition) is 8. The van der Waals surface area contributed by atoms with Crippen molar-refractivity contribution >= 4 is 41.4 Å². The van der Waals surface area contributed by atoms with E-state index in [0.29, 0.717) is 43.1 Å². The molecule has 0 saturated carbocycles. The first-order chi connectivity index (χ1) is 31.8. The topological polar surface area (TPSA) is 93.0 Å². The largest absolute Gasteiger partial charge is 0.494 e. The van der Waals surface area contributed by atoms with Crippen LogP contribution in [0, 0.1) is 13.8 Å². The van der Waals surface area contributed by atoms with Crippen LogP contribution in [0.15, 0.2) is 119 Å². The summed E-state index contributed by atoms with van der Waals surface area (Å²) >= 11 is 0. The number of carbonyl (C=O) groups is 2. The third-order valence-electron chi connectivity index (χ3n) is 11.9. The van der Waals surface area contributed by atoms with Gasteiger partial charge >= 0.3 is 5.97 Å². The number of esters is 1. The highest BCUT2D eigenvalue weighted by Crippen LogP contribution is 2.27. The number of carbonyl (C=O) groups excluding carboxylic acids is 2. The molecule has 0 spiro atoms. The second kappa shape index (κ2) is 25.9. The molecule has 0 unspecified atom stereocenters. The Morgan fingerprint density at radius 3 is 1.45 bits per heavy atom. The Labute approximate surface area is 387 Å². The SMILES string of the molecule is CCCCCCCCOc1ccc(N=Cc2ccc(C(=O)Oc3ccc(N4CCN(C(=O)c5ccc(C=Nc6ccc(OCCCCCCCC)cc6C)cc5)CC4)cc3)cc2)c(C)c1. The third-order valence-corrected chi connectivity index (χ3v) is 11.9. The molecule has 5 aromatic carbocycles. The smallest absolute Gasteiger partial charge is 0.343 e. The maximum Gasteiger partial charge on any atom is 0.343 e. The highest BCUT2D eigenvalue weighted by Gasteiger charge is 2.22. The van der Waals surface area contributed by atoms with E-state index in [1.807, 2.05) is 122 Å². The van der Waals surface area contributed by atoms with Crippen LogP contribution in [0.2, 0.25) is 0 Å². The van der Waals surface area contributed by atoms with Gasteiger partial charge in [-0.2, -0.15) is 0 Å². The maximum absolute atomic E-state index is 13.4. The minimum atomic E-state index is -0.425. The van der Waals surface area contributed by atoms with Gasteiger partial charge in [-0.3, -0.25) is 14.8 Å². The van der Waals surface area contributed by atoms with E-state index < -0.39 is 5.97 Å². The molecule has 0 N–H and O–H groups in total. The molecule has 6 rings (SSSR count). The number of nitrogens with zero attached hydrogens (tertiary/aromatic N) is 4. The molecular weight excluding hydrogens is 809 g/mol. The summed E-state index contributed by atoms with van der Waals surface area (Å²) in [5.41, 5.74) is 7.82. The standard InChI is InChI=1S/C56H68N4O5/c1-5-7-9-11-13-15-37-63-51-29-31-53(43(3)39-51)57-41-45-17-21-47(22-18-45)55(61)60-35-33-59(34-36-60)49-25-27-50(28-26-49)65-56(62)48-23-19-46(20-24-48)42-58-54-32-30-52(40-44(54)4)64-38-16-14-12-10-8-6-2/h17-32,39-42H,5-16,33-38H2,1-4H3. The minimum absolute atomic E-state index is 0.0209. The lowest BCUT2D eigenvalue weighted by Crippen LogP contribution is -2.48. The zero-order chi connectivity index (χ0) is 45.6. The Morgan fingerprint density at radius 1 is 0.523 bits per heavy atom. The summed E-state index contributed by atoms with van der Waals surface area (Å²) in [5, 5.41) is 0. The van der Waals surface area contributed by atoms with Crippen LogP contribution in [0.25, 0.3) is 0 Å². The third kappa shape index (κ3) is 15.5. The predicted molar refractivity (Wildman–Crippen MR) is 267 cm³/mol. The van der Waals surface area contributed by atoms with Gasteiger partial charge < -0.3 is 24.0 Å². The van der Waals surface area contributed by atoms with Crippen LogP contribution < -0.4 is 19.1 Å². The molecule has 0 bridgehead atoms. The molecule has 0 atom stereocenters. The molecule has 9 nitrogen and oxygen atoms in total. The fourth-order valence-electron chi connectivity index (χ4n) is 7.82. The summed E-state index contributed by atoms with van der Waals surface area (Å²) in [6.07, 6.45) is 18.5. The van der Waals surface area contributed by atoms with Crippen LogP contribution in [0.3, 0.4) is 0 Å². The van der Waals surface area contributed by atoms with Gasteiger partial charge in [-0.25, -0.2) is 4.79 Å². The quantitative estimate of drug-likeness (QED) is 0.0265. The van der Waals surface area contributed by atoms with Gasteiger partial charge in [0.25, 0.3) is 5.91 Å². The summed E-state index contributed by atoms with van der Waals surface area (Å²) in [5.74, 6) is 1.82. The number of rotatable bonds is 24. The first-order valence-electron chi connectivity index (χ1n) is 23.9. The molecule has 1 fully saturated rings. The van der Waals surface area contributed by atoms with Gasteiger partial charge in [0, 0.05) is 49.9 Å². The lowest BCUT2D eigenvalue weighted by Gasteiger charge is -2.36. The summed E-state index contributed by atoms with van der Waals surface area (Å²) in [4.78, 5) is 40.0.